The van der Waals surface area contributed by atoms with Crippen molar-refractivity contribution in [2.24, 2.45) is 0 Å². The quantitative estimate of drug-likeness (QED) is 0.858. The van der Waals surface area contributed by atoms with Crippen molar-refractivity contribution in [3.8, 4) is 0 Å². The van der Waals surface area contributed by atoms with Crippen LogP contribution in [0.3, 0.4) is 0 Å². The van der Waals surface area contributed by atoms with Gasteiger partial charge in [0.1, 0.15) is 5.25 Å². The summed E-state index contributed by atoms with van der Waals surface area (Å²) < 4.78 is 25.7. The van der Waals surface area contributed by atoms with E-state index >= 15 is 0 Å². The monoisotopic (exact) mass is 316 g/mol. The van der Waals surface area contributed by atoms with E-state index in [1.807, 2.05) is 0 Å². The summed E-state index contributed by atoms with van der Waals surface area (Å²) in [5, 5.41) is 20.0. The number of hydrogen-bond donors (Lipinski definition) is 1. The Morgan fingerprint density at radius 2 is 2.05 bits per heavy atom. The maximum absolute atomic E-state index is 12.2. The second kappa shape index (κ2) is 5.70. The lowest BCUT2D eigenvalue weighted by atomic mass is 9.93. The van der Waals surface area contributed by atoms with Gasteiger partial charge in [-0.15, -0.1) is 5.10 Å². The van der Waals surface area contributed by atoms with Gasteiger partial charge in [-0.25, -0.2) is 17.9 Å². The van der Waals surface area contributed by atoms with Crippen LogP contribution in [0.5, 0.6) is 0 Å². The van der Waals surface area contributed by atoms with E-state index in [2.05, 4.69) is 15.5 Å². The number of carboxylic acid groups (broad SMARTS) is 1. The molecular formula is C12H20N4O4S. The minimum atomic E-state index is -3.33. The molecule has 2 rings (SSSR count). The molecule has 0 spiro atoms. The maximum Gasteiger partial charge on any atom is 0.331 e. The minimum absolute atomic E-state index is 0.100. The lowest BCUT2D eigenvalue weighted by Crippen LogP contribution is -2.44. The highest BCUT2D eigenvalue weighted by molar-refractivity contribution is 7.91. The van der Waals surface area contributed by atoms with Crippen LogP contribution < -0.4 is 0 Å². The Morgan fingerprint density at radius 3 is 2.57 bits per heavy atom. The average Bonchev–Trinajstić information content (AvgIpc) is 2.89. The van der Waals surface area contributed by atoms with Gasteiger partial charge >= 0.3 is 5.97 Å². The number of carbonyl (C=O) groups is 1. The molecule has 0 saturated carbocycles. The molecule has 0 radical (unpaired) electrons. The number of rotatable bonds is 5. The Morgan fingerprint density at radius 1 is 1.38 bits per heavy atom. The SMILES string of the molecule is CCC(CC)(C(=O)O)n1nnnc1C1CCCCS1(=O)=O. The fourth-order valence-electron chi connectivity index (χ4n) is 2.89. The first kappa shape index (κ1) is 15.9. The maximum atomic E-state index is 12.2. The highest BCUT2D eigenvalue weighted by atomic mass is 32.2. The van der Waals surface area contributed by atoms with Crippen LogP contribution in [-0.4, -0.2) is 45.5 Å². The van der Waals surface area contributed by atoms with E-state index in [-0.39, 0.29) is 24.4 Å². The first-order valence-corrected chi connectivity index (χ1v) is 8.84. The van der Waals surface area contributed by atoms with Crippen molar-refractivity contribution < 1.29 is 18.3 Å². The fraction of sp³-hybridized carbons (Fsp3) is 0.833. The zero-order valence-corrected chi connectivity index (χ0v) is 13.0. The van der Waals surface area contributed by atoms with Gasteiger partial charge in [0.15, 0.2) is 21.2 Å². The van der Waals surface area contributed by atoms with Crippen LogP contribution in [-0.2, 0) is 20.2 Å². The highest BCUT2D eigenvalue weighted by Crippen LogP contribution is 2.35. The third-order valence-electron chi connectivity index (χ3n) is 4.33. The van der Waals surface area contributed by atoms with Crippen molar-refractivity contribution in [1.82, 2.24) is 20.2 Å². The van der Waals surface area contributed by atoms with Crippen LogP contribution in [0.4, 0.5) is 0 Å². The number of hydrogen-bond acceptors (Lipinski definition) is 6. The molecule has 8 nitrogen and oxygen atoms in total. The molecule has 1 aliphatic heterocycles. The molecule has 1 aliphatic rings. The van der Waals surface area contributed by atoms with Gasteiger partial charge in [-0.1, -0.05) is 20.3 Å². The predicted octanol–water partition coefficient (Wildman–Crippen LogP) is 0.913. The Balaban J connectivity index is 2.54. The van der Waals surface area contributed by atoms with E-state index in [1.54, 1.807) is 13.8 Å². The second-order valence-corrected chi connectivity index (χ2v) is 7.65. The Hall–Kier alpha value is -1.51. The number of sulfone groups is 1. The van der Waals surface area contributed by atoms with Crippen LogP contribution in [0.25, 0.3) is 0 Å². The van der Waals surface area contributed by atoms with E-state index in [0.717, 1.165) is 6.42 Å². The van der Waals surface area contributed by atoms with Gasteiger partial charge < -0.3 is 5.11 Å². The Bertz CT molecular complexity index is 621. The number of aromatic nitrogens is 4. The van der Waals surface area contributed by atoms with Gasteiger partial charge in [0.05, 0.1) is 5.75 Å². The number of aliphatic carboxylic acids is 1. The molecule has 118 valence electrons. The van der Waals surface area contributed by atoms with Crippen molar-refractivity contribution >= 4 is 15.8 Å². The van der Waals surface area contributed by atoms with Crippen molar-refractivity contribution in [3.63, 3.8) is 0 Å². The molecule has 1 aromatic rings. The summed E-state index contributed by atoms with van der Waals surface area (Å²) in [4.78, 5) is 11.7. The summed E-state index contributed by atoms with van der Waals surface area (Å²) in [7, 11) is -3.33. The molecule has 1 unspecified atom stereocenters. The molecule has 0 aliphatic carbocycles. The number of carboxylic acids is 1. The lowest BCUT2D eigenvalue weighted by Gasteiger charge is -2.30. The molecule has 0 amide bonds. The molecule has 1 saturated heterocycles. The third kappa shape index (κ3) is 2.54. The van der Waals surface area contributed by atoms with Gasteiger partial charge in [0.2, 0.25) is 0 Å². The second-order valence-electron chi connectivity index (χ2n) is 5.34. The van der Waals surface area contributed by atoms with Crippen LogP contribution in [0.2, 0.25) is 0 Å². The van der Waals surface area contributed by atoms with Crippen molar-refractivity contribution in [1.29, 1.82) is 0 Å². The summed E-state index contributed by atoms with van der Waals surface area (Å²) in [5.41, 5.74) is -1.30. The molecule has 21 heavy (non-hydrogen) atoms. The normalized spacial score (nSPS) is 22.1. The molecule has 0 bridgehead atoms. The highest BCUT2D eigenvalue weighted by Gasteiger charge is 2.44. The predicted molar refractivity (Wildman–Crippen MR) is 74.4 cm³/mol. The molecule has 1 aromatic heterocycles. The Labute approximate surface area is 123 Å². The van der Waals surface area contributed by atoms with Gasteiger partial charge in [-0.3, -0.25) is 0 Å². The number of nitrogens with zero attached hydrogens (tertiary/aromatic N) is 4. The largest absolute Gasteiger partial charge is 0.479 e. The van der Waals surface area contributed by atoms with E-state index in [9.17, 15) is 18.3 Å². The first-order valence-electron chi connectivity index (χ1n) is 7.12. The van der Waals surface area contributed by atoms with Crippen LogP contribution in [0.1, 0.15) is 57.0 Å². The molecule has 2 heterocycles. The average molecular weight is 316 g/mol. The standard InChI is InChI=1S/C12H20N4O4S/c1-3-12(4-2,11(17)18)16-10(13-14-15-16)9-7-5-6-8-21(9,19)20/h9H,3-8H2,1-2H3,(H,17,18). The summed E-state index contributed by atoms with van der Waals surface area (Å²) in [6.45, 7) is 3.47. The first-order chi connectivity index (χ1) is 9.89. The summed E-state index contributed by atoms with van der Waals surface area (Å²) in [6.07, 6.45) is 2.40. The van der Waals surface area contributed by atoms with Crippen molar-refractivity contribution in [3.05, 3.63) is 5.82 Å². The minimum Gasteiger partial charge on any atom is -0.479 e. The van der Waals surface area contributed by atoms with E-state index < -0.39 is 26.6 Å². The summed E-state index contributed by atoms with van der Waals surface area (Å²) >= 11 is 0. The molecule has 1 fully saturated rings. The third-order valence-corrected chi connectivity index (χ3v) is 6.50. The lowest BCUT2D eigenvalue weighted by molar-refractivity contribution is -0.148. The van der Waals surface area contributed by atoms with Crippen LogP contribution in [0, 0.1) is 0 Å². The van der Waals surface area contributed by atoms with Crippen molar-refractivity contribution in [2.45, 2.75) is 56.7 Å². The van der Waals surface area contributed by atoms with E-state index in [0.29, 0.717) is 12.8 Å². The topological polar surface area (TPSA) is 115 Å². The van der Waals surface area contributed by atoms with Crippen molar-refractivity contribution in [2.75, 3.05) is 5.75 Å². The molecule has 9 heteroatoms. The molecule has 1 N–H and O–H groups in total. The molecular weight excluding hydrogens is 296 g/mol. The fourth-order valence-corrected chi connectivity index (χ4v) is 4.77. The van der Waals surface area contributed by atoms with Gasteiger partial charge in [0, 0.05) is 0 Å². The number of tetrazole rings is 1. The zero-order chi connectivity index (χ0) is 15.7. The van der Waals surface area contributed by atoms with Gasteiger partial charge in [-0.05, 0) is 36.1 Å². The molecule has 0 aromatic carbocycles. The van der Waals surface area contributed by atoms with E-state index in [1.165, 1.54) is 4.68 Å². The van der Waals surface area contributed by atoms with Crippen LogP contribution in [0.15, 0.2) is 0 Å². The van der Waals surface area contributed by atoms with Gasteiger partial charge in [-0.2, -0.15) is 0 Å². The Kier molecular flexibility index (Phi) is 4.31. The van der Waals surface area contributed by atoms with E-state index in [4.69, 9.17) is 0 Å². The molecule has 1 atom stereocenters. The smallest absolute Gasteiger partial charge is 0.331 e. The van der Waals surface area contributed by atoms with Crippen LogP contribution >= 0.6 is 0 Å². The zero-order valence-electron chi connectivity index (χ0n) is 12.2. The summed E-state index contributed by atoms with van der Waals surface area (Å²) in [5.74, 6) is -0.793. The van der Waals surface area contributed by atoms with Gasteiger partial charge in [0.25, 0.3) is 0 Å². The summed E-state index contributed by atoms with van der Waals surface area (Å²) in [6, 6.07) is 0.